The third-order valence-corrected chi connectivity index (χ3v) is 2.24. The van der Waals surface area contributed by atoms with E-state index in [2.05, 4.69) is 5.32 Å². The third-order valence-electron chi connectivity index (χ3n) is 2.24. The molecule has 19 heavy (non-hydrogen) atoms. The number of ether oxygens (including phenoxy) is 2. The second-order valence-electron chi connectivity index (χ2n) is 4.05. The molecule has 2 N–H and O–H groups in total. The second kappa shape index (κ2) is 7.38. The Morgan fingerprint density at radius 1 is 1.42 bits per heavy atom. The summed E-state index contributed by atoms with van der Waals surface area (Å²) in [5.74, 6) is -1.10. The molecule has 1 rings (SSSR count). The van der Waals surface area contributed by atoms with E-state index in [1.165, 1.54) is 31.4 Å². The van der Waals surface area contributed by atoms with Crippen LogP contribution in [0.15, 0.2) is 24.3 Å². The zero-order valence-corrected chi connectivity index (χ0v) is 10.9. The Hall–Kier alpha value is -2.08. The highest BCUT2D eigenvalue weighted by atomic mass is 16.5. The van der Waals surface area contributed by atoms with E-state index in [1.54, 1.807) is 6.92 Å². The Morgan fingerprint density at radius 3 is 2.79 bits per heavy atom. The predicted octanol–water partition coefficient (Wildman–Crippen LogP) is 0.700. The summed E-state index contributed by atoms with van der Waals surface area (Å²) in [6.45, 7) is 1.78. The van der Waals surface area contributed by atoms with Gasteiger partial charge in [0.05, 0.1) is 12.2 Å². The van der Waals surface area contributed by atoms with E-state index in [-0.39, 0.29) is 24.0 Å². The number of aromatic hydroxyl groups is 1. The number of phenols is 1. The first-order chi connectivity index (χ1) is 9.02. The molecule has 6 heteroatoms. The molecule has 104 valence electrons. The molecular formula is C13H17NO5. The molecular weight excluding hydrogens is 250 g/mol. The van der Waals surface area contributed by atoms with Crippen molar-refractivity contribution in [3.63, 3.8) is 0 Å². The van der Waals surface area contributed by atoms with Gasteiger partial charge < -0.3 is 19.9 Å². The molecule has 0 saturated heterocycles. The van der Waals surface area contributed by atoms with E-state index in [4.69, 9.17) is 9.47 Å². The van der Waals surface area contributed by atoms with Crippen LogP contribution >= 0.6 is 0 Å². The summed E-state index contributed by atoms with van der Waals surface area (Å²) in [5.41, 5.74) is 0.192. The van der Waals surface area contributed by atoms with Gasteiger partial charge in [-0.15, -0.1) is 0 Å². The van der Waals surface area contributed by atoms with Gasteiger partial charge in [-0.05, 0) is 25.1 Å². The summed E-state index contributed by atoms with van der Waals surface area (Å²) in [7, 11) is 1.53. The lowest BCUT2D eigenvalue weighted by Gasteiger charge is -2.12. The summed E-state index contributed by atoms with van der Waals surface area (Å²) >= 11 is 0. The van der Waals surface area contributed by atoms with Crippen LogP contribution in [0, 0.1) is 0 Å². The van der Waals surface area contributed by atoms with Gasteiger partial charge in [0.15, 0.2) is 6.61 Å². The minimum absolute atomic E-state index is 0.0346. The van der Waals surface area contributed by atoms with Crippen LogP contribution in [-0.2, 0) is 14.3 Å². The monoisotopic (exact) mass is 267 g/mol. The molecule has 0 spiro atoms. The van der Waals surface area contributed by atoms with Crippen LogP contribution < -0.4 is 5.32 Å². The second-order valence-corrected chi connectivity index (χ2v) is 4.05. The minimum Gasteiger partial charge on any atom is -0.508 e. The van der Waals surface area contributed by atoms with Crippen molar-refractivity contribution in [2.24, 2.45) is 0 Å². The van der Waals surface area contributed by atoms with Crippen molar-refractivity contribution in [2.75, 3.05) is 20.3 Å². The van der Waals surface area contributed by atoms with E-state index in [0.717, 1.165) is 0 Å². The number of methoxy groups -OCH3 is 1. The number of hydrogen-bond acceptors (Lipinski definition) is 5. The van der Waals surface area contributed by atoms with Gasteiger partial charge in [-0.2, -0.15) is 0 Å². The number of carbonyl (C=O) groups is 2. The van der Waals surface area contributed by atoms with Crippen molar-refractivity contribution in [1.82, 2.24) is 5.32 Å². The Balaban J connectivity index is 2.40. The van der Waals surface area contributed by atoms with E-state index in [0.29, 0.717) is 6.61 Å². The summed E-state index contributed by atoms with van der Waals surface area (Å²) in [6.07, 6.45) is 0. The highest BCUT2D eigenvalue weighted by Gasteiger charge is 2.12. The van der Waals surface area contributed by atoms with Crippen molar-refractivity contribution in [1.29, 1.82) is 0 Å². The van der Waals surface area contributed by atoms with Gasteiger partial charge in [0, 0.05) is 13.2 Å². The number of amides is 1. The topological polar surface area (TPSA) is 84.9 Å². The molecule has 0 aliphatic heterocycles. The lowest BCUT2D eigenvalue weighted by atomic mass is 10.2. The Morgan fingerprint density at radius 2 is 2.16 bits per heavy atom. The number of hydrogen-bond donors (Lipinski definition) is 2. The van der Waals surface area contributed by atoms with E-state index >= 15 is 0 Å². The maximum Gasteiger partial charge on any atom is 0.338 e. The average molecular weight is 267 g/mol. The normalized spacial score (nSPS) is 11.7. The number of rotatable bonds is 6. The zero-order chi connectivity index (χ0) is 14.3. The molecule has 1 unspecified atom stereocenters. The molecule has 0 aromatic heterocycles. The maximum atomic E-state index is 11.6. The van der Waals surface area contributed by atoms with E-state index in [1.807, 2.05) is 0 Å². The summed E-state index contributed by atoms with van der Waals surface area (Å²) < 4.78 is 9.68. The third kappa shape index (κ3) is 5.39. The number of phenolic OH excluding ortho intramolecular Hbond substituents is 1. The van der Waals surface area contributed by atoms with Gasteiger partial charge in [0.2, 0.25) is 0 Å². The Kier molecular flexibility index (Phi) is 5.81. The molecule has 0 bridgehead atoms. The van der Waals surface area contributed by atoms with Crippen molar-refractivity contribution in [3.8, 4) is 5.75 Å². The summed E-state index contributed by atoms with van der Waals surface area (Å²) in [6, 6.07) is 5.57. The zero-order valence-electron chi connectivity index (χ0n) is 10.9. The predicted molar refractivity (Wildman–Crippen MR) is 67.9 cm³/mol. The molecule has 6 nitrogen and oxygen atoms in total. The quantitative estimate of drug-likeness (QED) is 0.741. The summed E-state index contributed by atoms with van der Waals surface area (Å²) in [5, 5.41) is 11.8. The smallest absolute Gasteiger partial charge is 0.338 e. The van der Waals surface area contributed by atoms with Crippen molar-refractivity contribution in [3.05, 3.63) is 29.8 Å². The van der Waals surface area contributed by atoms with Crippen LogP contribution in [0.3, 0.4) is 0 Å². The van der Waals surface area contributed by atoms with Crippen LogP contribution in [0.25, 0.3) is 0 Å². The highest BCUT2D eigenvalue weighted by molar-refractivity contribution is 5.91. The van der Waals surface area contributed by atoms with Crippen LogP contribution in [-0.4, -0.2) is 43.3 Å². The Bertz CT molecular complexity index is 446. The van der Waals surface area contributed by atoms with Gasteiger partial charge in [-0.25, -0.2) is 4.79 Å². The van der Waals surface area contributed by atoms with Crippen molar-refractivity contribution >= 4 is 11.9 Å². The van der Waals surface area contributed by atoms with Gasteiger partial charge in [-0.3, -0.25) is 4.79 Å². The number of benzene rings is 1. The fourth-order valence-corrected chi connectivity index (χ4v) is 1.46. The van der Waals surface area contributed by atoms with Crippen LogP contribution in [0.5, 0.6) is 5.75 Å². The lowest BCUT2D eigenvalue weighted by molar-refractivity contribution is -0.125. The molecule has 1 aromatic rings. The maximum absolute atomic E-state index is 11.6. The SMILES string of the molecule is COCC(C)NC(=O)COC(=O)c1cccc(O)c1. The van der Waals surface area contributed by atoms with E-state index in [9.17, 15) is 14.7 Å². The molecule has 1 atom stereocenters. The highest BCUT2D eigenvalue weighted by Crippen LogP contribution is 2.11. The molecule has 0 fully saturated rings. The Labute approximate surface area is 111 Å². The number of carbonyl (C=O) groups excluding carboxylic acids is 2. The molecule has 0 heterocycles. The number of esters is 1. The van der Waals surface area contributed by atoms with Crippen LogP contribution in [0.2, 0.25) is 0 Å². The van der Waals surface area contributed by atoms with Crippen LogP contribution in [0.4, 0.5) is 0 Å². The first-order valence-corrected chi connectivity index (χ1v) is 5.77. The van der Waals surface area contributed by atoms with Crippen molar-refractivity contribution in [2.45, 2.75) is 13.0 Å². The first kappa shape index (κ1) is 15.0. The first-order valence-electron chi connectivity index (χ1n) is 5.77. The van der Waals surface area contributed by atoms with Gasteiger partial charge in [-0.1, -0.05) is 6.07 Å². The molecule has 0 radical (unpaired) electrons. The standard InChI is InChI=1S/C13H17NO5/c1-9(7-18-2)14-12(16)8-19-13(17)10-4-3-5-11(15)6-10/h3-6,9,15H,7-8H2,1-2H3,(H,14,16). The molecule has 1 aromatic carbocycles. The van der Waals surface area contributed by atoms with Crippen molar-refractivity contribution < 1.29 is 24.2 Å². The minimum atomic E-state index is -0.662. The summed E-state index contributed by atoms with van der Waals surface area (Å²) in [4.78, 5) is 23.0. The largest absolute Gasteiger partial charge is 0.508 e. The van der Waals surface area contributed by atoms with Gasteiger partial charge >= 0.3 is 5.97 Å². The van der Waals surface area contributed by atoms with E-state index < -0.39 is 11.9 Å². The van der Waals surface area contributed by atoms with Gasteiger partial charge in [0.1, 0.15) is 5.75 Å². The molecule has 0 aliphatic carbocycles. The molecule has 0 saturated carbocycles. The fraction of sp³-hybridized carbons (Fsp3) is 0.385. The fourth-order valence-electron chi connectivity index (χ4n) is 1.46. The lowest BCUT2D eigenvalue weighted by Crippen LogP contribution is -2.38. The molecule has 1 amide bonds. The van der Waals surface area contributed by atoms with Gasteiger partial charge in [0.25, 0.3) is 5.91 Å². The van der Waals surface area contributed by atoms with Crippen LogP contribution in [0.1, 0.15) is 17.3 Å². The number of nitrogens with one attached hydrogen (secondary N) is 1. The molecule has 0 aliphatic rings. The average Bonchev–Trinajstić information content (AvgIpc) is 2.36.